The average molecular weight is 394 g/mol. The van der Waals surface area contributed by atoms with Gasteiger partial charge in [0.1, 0.15) is 6.04 Å². The Hall–Kier alpha value is -2.33. The van der Waals surface area contributed by atoms with Crippen molar-refractivity contribution >= 4 is 27.6 Å². The summed E-state index contributed by atoms with van der Waals surface area (Å²) in [7, 11) is -3.91. The molecule has 1 aromatic heterocycles. The Kier molecular flexibility index (Phi) is 5.29. The first-order valence-electron chi connectivity index (χ1n) is 8.78. The number of rotatable bonds is 6. The van der Waals surface area contributed by atoms with Crippen LogP contribution in [0.3, 0.4) is 0 Å². The molecule has 0 spiro atoms. The van der Waals surface area contributed by atoms with E-state index < -0.39 is 33.9 Å². The molecule has 10 heteroatoms. The molecule has 3 atom stereocenters. The molecule has 0 saturated carbocycles. The number of fused-ring (bicyclic) bond motifs is 1. The molecule has 2 fully saturated rings. The maximum absolute atomic E-state index is 12.8. The predicted molar refractivity (Wildman–Crippen MR) is 94.6 cm³/mol. The van der Waals surface area contributed by atoms with E-state index in [1.807, 2.05) is 0 Å². The van der Waals surface area contributed by atoms with Gasteiger partial charge < -0.3 is 10.6 Å². The van der Waals surface area contributed by atoms with E-state index in [9.17, 15) is 22.8 Å². The van der Waals surface area contributed by atoms with Gasteiger partial charge in [0.05, 0.1) is 12.6 Å². The molecule has 0 radical (unpaired) electrons. The summed E-state index contributed by atoms with van der Waals surface area (Å²) in [5.41, 5.74) is 5.21. The lowest BCUT2D eigenvalue weighted by Gasteiger charge is -2.24. The van der Waals surface area contributed by atoms with Crippen LogP contribution in [0, 0.1) is 5.92 Å². The van der Waals surface area contributed by atoms with Crippen molar-refractivity contribution in [1.82, 2.24) is 14.2 Å². The Balaban J connectivity index is 1.75. The summed E-state index contributed by atoms with van der Waals surface area (Å²) in [4.78, 5) is 41.5. The van der Waals surface area contributed by atoms with Gasteiger partial charge in [-0.05, 0) is 25.0 Å². The van der Waals surface area contributed by atoms with Crippen LogP contribution in [0.4, 0.5) is 0 Å². The Morgan fingerprint density at radius 3 is 2.74 bits per heavy atom. The Morgan fingerprint density at radius 2 is 2.11 bits per heavy atom. The number of pyridine rings is 1. The fourth-order valence-corrected chi connectivity index (χ4v) is 5.18. The maximum atomic E-state index is 12.8. The van der Waals surface area contributed by atoms with Crippen LogP contribution in [0.2, 0.25) is 0 Å². The number of amides is 2. The van der Waals surface area contributed by atoms with Crippen molar-refractivity contribution in [3.8, 4) is 0 Å². The molecule has 2 aliphatic rings. The minimum absolute atomic E-state index is 0.0909. The molecule has 3 rings (SSSR count). The van der Waals surface area contributed by atoms with Crippen molar-refractivity contribution in [2.45, 2.75) is 43.3 Å². The first kappa shape index (κ1) is 19.4. The Bertz CT molecular complexity index is 857. The SMILES string of the molecule is CC(CCC(=O)N1CCC2C1C(=O)CN2S(=O)(=O)c1ccccn1)C(N)=O. The van der Waals surface area contributed by atoms with Gasteiger partial charge in [-0.15, -0.1) is 0 Å². The van der Waals surface area contributed by atoms with Gasteiger partial charge in [0.25, 0.3) is 10.0 Å². The van der Waals surface area contributed by atoms with Crippen molar-refractivity contribution < 1.29 is 22.8 Å². The largest absolute Gasteiger partial charge is 0.369 e. The van der Waals surface area contributed by atoms with Gasteiger partial charge in [-0.2, -0.15) is 4.31 Å². The van der Waals surface area contributed by atoms with E-state index in [1.165, 1.54) is 17.2 Å². The second kappa shape index (κ2) is 7.35. The molecule has 27 heavy (non-hydrogen) atoms. The summed E-state index contributed by atoms with van der Waals surface area (Å²) in [6.45, 7) is 1.68. The first-order valence-corrected chi connectivity index (χ1v) is 10.2. The van der Waals surface area contributed by atoms with Crippen LogP contribution in [-0.4, -0.2) is 65.4 Å². The summed E-state index contributed by atoms with van der Waals surface area (Å²) >= 11 is 0. The van der Waals surface area contributed by atoms with Gasteiger partial charge in [-0.1, -0.05) is 13.0 Å². The molecule has 0 bridgehead atoms. The van der Waals surface area contributed by atoms with Crippen LogP contribution in [0.15, 0.2) is 29.4 Å². The lowest BCUT2D eigenvalue weighted by Crippen LogP contribution is -2.43. The number of nitrogens with zero attached hydrogens (tertiary/aromatic N) is 3. The third kappa shape index (κ3) is 3.59. The summed E-state index contributed by atoms with van der Waals surface area (Å²) in [5.74, 6) is -1.48. The molecule has 2 saturated heterocycles. The lowest BCUT2D eigenvalue weighted by atomic mass is 10.0. The van der Waals surface area contributed by atoms with Gasteiger partial charge >= 0.3 is 0 Å². The van der Waals surface area contributed by atoms with Gasteiger partial charge in [0.15, 0.2) is 10.8 Å². The summed E-state index contributed by atoms with van der Waals surface area (Å²) in [6.07, 6.45) is 2.16. The minimum Gasteiger partial charge on any atom is -0.369 e. The number of nitrogens with two attached hydrogens (primary N) is 1. The molecule has 2 amide bonds. The lowest BCUT2D eigenvalue weighted by molar-refractivity contribution is -0.136. The van der Waals surface area contributed by atoms with E-state index in [1.54, 1.807) is 19.1 Å². The zero-order valence-electron chi connectivity index (χ0n) is 14.9. The highest BCUT2D eigenvalue weighted by molar-refractivity contribution is 7.89. The normalized spacial score (nSPS) is 24.0. The summed E-state index contributed by atoms with van der Waals surface area (Å²) < 4.78 is 26.8. The van der Waals surface area contributed by atoms with Crippen molar-refractivity contribution in [2.75, 3.05) is 13.1 Å². The topological polar surface area (TPSA) is 131 Å². The van der Waals surface area contributed by atoms with Crippen molar-refractivity contribution in [3.05, 3.63) is 24.4 Å². The highest BCUT2D eigenvalue weighted by Gasteiger charge is 2.53. The molecule has 2 N–H and O–H groups in total. The number of carbonyl (C=O) groups is 3. The Morgan fingerprint density at radius 1 is 1.37 bits per heavy atom. The van der Waals surface area contributed by atoms with Crippen molar-refractivity contribution in [1.29, 1.82) is 0 Å². The minimum atomic E-state index is -3.91. The van der Waals surface area contributed by atoms with Crippen LogP contribution in [0.5, 0.6) is 0 Å². The van der Waals surface area contributed by atoms with E-state index in [0.29, 0.717) is 19.4 Å². The molecule has 0 aliphatic carbocycles. The second-order valence-electron chi connectivity index (χ2n) is 6.91. The van der Waals surface area contributed by atoms with Crippen LogP contribution in [-0.2, 0) is 24.4 Å². The van der Waals surface area contributed by atoms with Crippen molar-refractivity contribution in [2.24, 2.45) is 11.7 Å². The zero-order chi connectivity index (χ0) is 19.8. The first-order chi connectivity index (χ1) is 12.7. The number of likely N-dealkylation sites (tertiary alicyclic amines) is 1. The van der Waals surface area contributed by atoms with E-state index in [0.717, 1.165) is 4.31 Å². The molecular weight excluding hydrogens is 372 g/mol. The van der Waals surface area contributed by atoms with E-state index in [2.05, 4.69) is 4.98 Å². The number of Topliss-reactive ketones (excluding diaryl/α,β-unsaturated/α-hetero) is 1. The fraction of sp³-hybridized carbons (Fsp3) is 0.529. The average Bonchev–Trinajstić information content (AvgIpc) is 3.21. The molecule has 146 valence electrons. The standard InChI is InChI=1S/C17H22N4O5S/c1-11(17(18)24)5-6-15(23)20-9-7-12-16(20)13(22)10-21(12)27(25,26)14-4-2-3-8-19-14/h2-4,8,11-12,16H,5-7,9-10H2,1H3,(H2,18,24). The molecule has 9 nitrogen and oxygen atoms in total. The van der Waals surface area contributed by atoms with Gasteiger partial charge in [-0.3, -0.25) is 14.4 Å². The molecule has 1 aromatic rings. The van der Waals surface area contributed by atoms with Crippen LogP contribution in [0.25, 0.3) is 0 Å². The predicted octanol–water partition coefficient (Wildman–Crippen LogP) is -0.474. The number of hydrogen-bond acceptors (Lipinski definition) is 6. The highest BCUT2D eigenvalue weighted by Crippen LogP contribution is 2.34. The monoisotopic (exact) mass is 394 g/mol. The van der Waals surface area contributed by atoms with E-state index in [-0.39, 0.29) is 29.7 Å². The van der Waals surface area contributed by atoms with Crippen LogP contribution >= 0.6 is 0 Å². The quantitative estimate of drug-likeness (QED) is 0.694. The van der Waals surface area contributed by atoms with E-state index >= 15 is 0 Å². The highest BCUT2D eigenvalue weighted by atomic mass is 32.2. The zero-order valence-corrected chi connectivity index (χ0v) is 15.8. The molecule has 3 heterocycles. The molecule has 2 aliphatic heterocycles. The summed E-state index contributed by atoms with van der Waals surface area (Å²) in [6, 6.07) is 3.21. The summed E-state index contributed by atoms with van der Waals surface area (Å²) in [5, 5.41) is -0.112. The number of aromatic nitrogens is 1. The third-order valence-corrected chi connectivity index (χ3v) is 6.97. The smallest absolute Gasteiger partial charge is 0.261 e. The number of sulfonamides is 1. The number of carbonyl (C=O) groups excluding carboxylic acids is 3. The maximum Gasteiger partial charge on any atom is 0.261 e. The second-order valence-corrected chi connectivity index (χ2v) is 8.75. The van der Waals surface area contributed by atoms with Crippen molar-refractivity contribution in [3.63, 3.8) is 0 Å². The fourth-order valence-electron chi connectivity index (χ4n) is 3.62. The molecule has 3 unspecified atom stereocenters. The third-order valence-electron chi connectivity index (χ3n) is 5.19. The Labute approximate surface area is 157 Å². The molecule has 0 aromatic carbocycles. The number of hydrogen-bond donors (Lipinski definition) is 1. The van der Waals surface area contributed by atoms with Crippen LogP contribution in [0.1, 0.15) is 26.2 Å². The van der Waals surface area contributed by atoms with Crippen LogP contribution < -0.4 is 5.73 Å². The van der Waals surface area contributed by atoms with Gasteiger partial charge in [0.2, 0.25) is 11.8 Å². The number of ketones is 1. The molecular formula is C17H22N4O5S. The number of primary amides is 1. The van der Waals surface area contributed by atoms with E-state index in [4.69, 9.17) is 5.73 Å². The van der Waals surface area contributed by atoms with Gasteiger partial charge in [-0.25, -0.2) is 13.4 Å². The van der Waals surface area contributed by atoms with Gasteiger partial charge in [0, 0.05) is 25.1 Å².